The Morgan fingerprint density at radius 2 is 1.82 bits per heavy atom. The molecule has 1 aliphatic carbocycles. The molecule has 0 radical (unpaired) electrons. The fourth-order valence-corrected chi connectivity index (χ4v) is 3.90. The van der Waals surface area contributed by atoms with Gasteiger partial charge in [-0.2, -0.15) is 5.10 Å². The van der Waals surface area contributed by atoms with Crippen LogP contribution in [0.5, 0.6) is 0 Å². The largest absolute Gasteiger partial charge is 0.477 e. The lowest BCUT2D eigenvalue weighted by atomic mass is 9.82. The van der Waals surface area contributed by atoms with Crippen molar-refractivity contribution < 1.29 is 14.7 Å². The van der Waals surface area contributed by atoms with Gasteiger partial charge in [-0.25, -0.2) is 4.79 Å². The Bertz CT molecular complexity index is 821. The number of rotatable bonds is 6. The molecule has 6 heteroatoms. The summed E-state index contributed by atoms with van der Waals surface area (Å²) in [6, 6.07) is 9.58. The Balaban J connectivity index is 1.91. The van der Waals surface area contributed by atoms with Gasteiger partial charge in [0, 0.05) is 18.2 Å². The maximum atomic E-state index is 13.3. The van der Waals surface area contributed by atoms with Crippen LogP contribution in [0.3, 0.4) is 0 Å². The number of aromatic nitrogens is 2. The van der Waals surface area contributed by atoms with Crippen LogP contribution in [0.25, 0.3) is 0 Å². The highest BCUT2D eigenvalue weighted by molar-refractivity contribution is 6.01. The second kappa shape index (κ2) is 8.59. The van der Waals surface area contributed by atoms with Gasteiger partial charge in [-0.05, 0) is 51.0 Å². The number of anilines is 1. The van der Waals surface area contributed by atoms with Gasteiger partial charge in [-0.3, -0.25) is 14.4 Å². The lowest BCUT2D eigenvalue weighted by molar-refractivity contribution is -0.123. The third-order valence-corrected chi connectivity index (χ3v) is 5.51. The summed E-state index contributed by atoms with van der Waals surface area (Å²) in [6.07, 6.45) is 5.32. The number of hydrogen-bond donors (Lipinski definition) is 1. The standard InChI is InChI=1S/C22H29N3O3/c1-15(2)25(21(26)18-11-9-16(3)10-12-18)20-19(22(27)28)14-24(23-20)13-17-7-5-4-6-8-17/h4-8,14-16,18H,9-13H2,1-3H3,(H,27,28)/t16-,18-. The SMILES string of the molecule is CC(C)N(c1nn(Cc2ccccc2)cc1C(=O)O)C(=O)[C@H]1CC[C@H](C)CC1. The smallest absolute Gasteiger partial charge is 0.341 e. The molecule has 1 heterocycles. The summed E-state index contributed by atoms with van der Waals surface area (Å²) in [7, 11) is 0. The van der Waals surface area contributed by atoms with Crippen molar-refractivity contribution in [2.24, 2.45) is 11.8 Å². The molecule has 1 N–H and O–H groups in total. The highest BCUT2D eigenvalue weighted by atomic mass is 16.4. The number of hydrogen-bond acceptors (Lipinski definition) is 3. The molecule has 1 aromatic carbocycles. The van der Waals surface area contributed by atoms with E-state index in [0.29, 0.717) is 12.5 Å². The normalized spacial score (nSPS) is 19.6. The minimum absolute atomic E-state index is 0.00522. The van der Waals surface area contributed by atoms with Gasteiger partial charge in [-0.15, -0.1) is 0 Å². The molecule has 1 amide bonds. The Morgan fingerprint density at radius 3 is 2.39 bits per heavy atom. The van der Waals surface area contributed by atoms with Crippen LogP contribution in [0, 0.1) is 11.8 Å². The van der Waals surface area contributed by atoms with Gasteiger partial charge in [0.25, 0.3) is 0 Å². The number of aromatic carboxylic acids is 1. The molecule has 1 saturated carbocycles. The molecule has 1 aromatic heterocycles. The molecule has 0 atom stereocenters. The number of carboxylic acids is 1. The van der Waals surface area contributed by atoms with E-state index in [1.165, 1.54) is 6.20 Å². The van der Waals surface area contributed by atoms with Crippen molar-refractivity contribution in [2.75, 3.05) is 4.90 Å². The first-order valence-electron chi connectivity index (χ1n) is 10.0. The highest BCUT2D eigenvalue weighted by Crippen LogP contribution is 2.32. The summed E-state index contributed by atoms with van der Waals surface area (Å²) >= 11 is 0. The Kier molecular flexibility index (Phi) is 6.17. The van der Waals surface area contributed by atoms with Crippen molar-refractivity contribution in [3.63, 3.8) is 0 Å². The average molecular weight is 383 g/mol. The van der Waals surface area contributed by atoms with E-state index < -0.39 is 5.97 Å². The summed E-state index contributed by atoms with van der Waals surface area (Å²) in [5.74, 6) is -0.225. The molecule has 6 nitrogen and oxygen atoms in total. The van der Waals surface area contributed by atoms with Crippen LogP contribution in [0.15, 0.2) is 36.5 Å². The quantitative estimate of drug-likeness (QED) is 0.811. The minimum Gasteiger partial charge on any atom is -0.477 e. The molecule has 0 saturated heterocycles. The monoisotopic (exact) mass is 383 g/mol. The van der Waals surface area contributed by atoms with E-state index in [-0.39, 0.29) is 29.2 Å². The van der Waals surface area contributed by atoms with E-state index >= 15 is 0 Å². The molecular formula is C22H29N3O3. The van der Waals surface area contributed by atoms with Gasteiger partial charge in [0.05, 0.1) is 6.54 Å². The summed E-state index contributed by atoms with van der Waals surface area (Å²) < 4.78 is 1.61. The van der Waals surface area contributed by atoms with Gasteiger partial charge in [-0.1, -0.05) is 37.3 Å². The van der Waals surface area contributed by atoms with E-state index in [1.54, 1.807) is 9.58 Å². The lowest BCUT2D eigenvalue weighted by Crippen LogP contribution is -2.43. The topological polar surface area (TPSA) is 75.4 Å². The van der Waals surface area contributed by atoms with Crippen LogP contribution >= 0.6 is 0 Å². The Hall–Kier alpha value is -2.63. The van der Waals surface area contributed by atoms with E-state index in [0.717, 1.165) is 31.2 Å². The third kappa shape index (κ3) is 4.43. The van der Waals surface area contributed by atoms with Crippen molar-refractivity contribution in [2.45, 2.75) is 59.0 Å². The zero-order valence-electron chi connectivity index (χ0n) is 16.8. The molecular weight excluding hydrogens is 354 g/mol. The summed E-state index contributed by atoms with van der Waals surface area (Å²) in [5, 5.41) is 14.2. The first-order valence-corrected chi connectivity index (χ1v) is 10.0. The maximum absolute atomic E-state index is 13.3. The summed E-state index contributed by atoms with van der Waals surface area (Å²) in [6.45, 7) is 6.49. The van der Waals surface area contributed by atoms with Crippen molar-refractivity contribution in [3.8, 4) is 0 Å². The number of carboxylic acid groups (broad SMARTS) is 1. The lowest BCUT2D eigenvalue weighted by Gasteiger charge is -2.32. The van der Waals surface area contributed by atoms with Crippen LogP contribution in [-0.2, 0) is 11.3 Å². The molecule has 0 aliphatic heterocycles. The van der Waals surface area contributed by atoms with Crippen LogP contribution in [0.1, 0.15) is 62.4 Å². The number of benzene rings is 1. The van der Waals surface area contributed by atoms with Gasteiger partial charge < -0.3 is 5.11 Å². The maximum Gasteiger partial charge on any atom is 0.341 e. The van der Waals surface area contributed by atoms with Crippen LogP contribution < -0.4 is 4.90 Å². The molecule has 150 valence electrons. The van der Waals surface area contributed by atoms with Gasteiger partial charge in [0.2, 0.25) is 5.91 Å². The number of nitrogens with zero attached hydrogens (tertiary/aromatic N) is 3. The zero-order chi connectivity index (χ0) is 20.3. The predicted molar refractivity (Wildman–Crippen MR) is 108 cm³/mol. The molecule has 0 spiro atoms. The van der Waals surface area contributed by atoms with E-state index in [4.69, 9.17) is 0 Å². The first-order chi connectivity index (χ1) is 13.4. The van der Waals surface area contributed by atoms with E-state index in [1.807, 2.05) is 44.2 Å². The predicted octanol–water partition coefficient (Wildman–Crippen LogP) is 4.20. The number of amides is 1. The molecule has 0 bridgehead atoms. The molecule has 1 fully saturated rings. The van der Waals surface area contributed by atoms with Crippen molar-refractivity contribution >= 4 is 17.7 Å². The fraction of sp³-hybridized carbons (Fsp3) is 0.500. The van der Waals surface area contributed by atoms with E-state index in [9.17, 15) is 14.7 Å². The summed E-state index contributed by atoms with van der Waals surface area (Å²) in [4.78, 5) is 26.7. The van der Waals surface area contributed by atoms with Crippen molar-refractivity contribution in [1.82, 2.24) is 9.78 Å². The molecule has 1 aliphatic rings. The number of carbonyl (C=O) groups is 2. The average Bonchev–Trinajstić information content (AvgIpc) is 3.06. The Labute approximate surface area is 166 Å². The van der Waals surface area contributed by atoms with Crippen LogP contribution in [0.2, 0.25) is 0 Å². The minimum atomic E-state index is -1.06. The van der Waals surface area contributed by atoms with Gasteiger partial charge in [0.15, 0.2) is 5.82 Å². The van der Waals surface area contributed by atoms with Gasteiger partial charge >= 0.3 is 5.97 Å². The van der Waals surface area contributed by atoms with Crippen LogP contribution in [0.4, 0.5) is 5.82 Å². The zero-order valence-corrected chi connectivity index (χ0v) is 16.8. The molecule has 0 unspecified atom stereocenters. The van der Waals surface area contributed by atoms with Gasteiger partial charge in [0.1, 0.15) is 5.56 Å². The second-order valence-corrected chi connectivity index (χ2v) is 8.11. The van der Waals surface area contributed by atoms with Crippen LogP contribution in [-0.4, -0.2) is 32.8 Å². The fourth-order valence-electron chi connectivity index (χ4n) is 3.90. The third-order valence-electron chi connectivity index (χ3n) is 5.51. The molecule has 3 rings (SSSR count). The summed E-state index contributed by atoms with van der Waals surface area (Å²) in [5.41, 5.74) is 1.10. The highest BCUT2D eigenvalue weighted by Gasteiger charge is 2.34. The second-order valence-electron chi connectivity index (χ2n) is 8.11. The van der Waals surface area contributed by atoms with Crippen molar-refractivity contribution in [3.05, 3.63) is 47.7 Å². The Morgan fingerprint density at radius 1 is 1.18 bits per heavy atom. The molecule has 28 heavy (non-hydrogen) atoms. The molecule has 2 aromatic rings. The van der Waals surface area contributed by atoms with E-state index in [2.05, 4.69) is 12.0 Å². The first kappa shape index (κ1) is 20.1. The van der Waals surface area contributed by atoms with Crippen molar-refractivity contribution in [1.29, 1.82) is 0 Å². The number of carbonyl (C=O) groups excluding carboxylic acids is 1.